The standard InChI is InChI=1S/C26H24Cl2N2O3/c1-33-23-16-21(11-12-22(23)24(31)29-20-6-4-5-19(28)15-20)30-25(32)26(13-2-3-14-26)17-7-9-18(27)10-8-17/h4-12,15-16H,2-3,13-14H2,1H3,(H,29,31)(H,30,32). The highest BCUT2D eigenvalue weighted by molar-refractivity contribution is 6.31. The minimum absolute atomic E-state index is 0.0690. The van der Waals surface area contributed by atoms with Gasteiger partial charge in [0.1, 0.15) is 5.75 Å². The van der Waals surface area contributed by atoms with E-state index < -0.39 is 5.41 Å². The van der Waals surface area contributed by atoms with Gasteiger partial charge in [-0.15, -0.1) is 0 Å². The van der Waals surface area contributed by atoms with E-state index in [9.17, 15) is 9.59 Å². The number of nitrogens with one attached hydrogen (secondary N) is 2. The lowest BCUT2D eigenvalue weighted by Gasteiger charge is -2.28. The number of hydrogen-bond donors (Lipinski definition) is 2. The van der Waals surface area contributed by atoms with E-state index in [0.717, 1.165) is 31.2 Å². The number of amides is 2. The van der Waals surface area contributed by atoms with Gasteiger partial charge in [-0.3, -0.25) is 9.59 Å². The predicted molar refractivity (Wildman–Crippen MR) is 133 cm³/mol. The Balaban J connectivity index is 1.55. The van der Waals surface area contributed by atoms with Gasteiger partial charge in [0, 0.05) is 27.5 Å². The summed E-state index contributed by atoms with van der Waals surface area (Å²) in [7, 11) is 1.49. The second-order valence-corrected chi connectivity index (χ2v) is 9.00. The lowest BCUT2D eigenvalue weighted by molar-refractivity contribution is -0.121. The van der Waals surface area contributed by atoms with Crippen LogP contribution in [0, 0.1) is 0 Å². The summed E-state index contributed by atoms with van der Waals surface area (Å²) in [6.07, 6.45) is 3.53. The van der Waals surface area contributed by atoms with E-state index in [4.69, 9.17) is 27.9 Å². The van der Waals surface area contributed by atoms with Crippen molar-refractivity contribution < 1.29 is 14.3 Å². The van der Waals surface area contributed by atoms with Gasteiger partial charge >= 0.3 is 0 Å². The van der Waals surface area contributed by atoms with Gasteiger partial charge in [-0.1, -0.05) is 54.2 Å². The molecule has 3 aromatic rings. The quantitative estimate of drug-likeness (QED) is 0.410. The fraction of sp³-hybridized carbons (Fsp3) is 0.231. The molecule has 2 N–H and O–H groups in total. The summed E-state index contributed by atoms with van der Waals surface area (Å²) in [6, 6.07) is 19.4. The summed E-state index contributed by atoms with van der Waals surface area (Å²) in [5.74, 6) is -0.0415. The second kappa shape index (κ2) is 9.86. The summed E-state index contributed by atoms with van der Waals surface area (Å²) < 4.78 is 5.45. The molecule has 0 spiro atoms. The maximum Gasteiger partial charge on any atom is 0.259 e. The number of carbonyl (C=O) groups is 2. The van der Waals surface area contributed by atoms with Crippen LogP contribution in [0.25, 0.3) is 0 Å². The molecular formula is C26H24Cl2N2O3. The minimum Gasteiger partial charge on any atom is -0.496 e. The average molecular weight is 483 g/mol. The summed E-state index contributed by atoms with van der Waals surface area (Å²) in [4.78, 5) is 26.2. The second-order valence-electron chi connectivity index (χ2n) is 8.13. The molecule has 7 heteroatoms. The molecule has 0 saturated heterocycles. The van der Waals surface area contributed by atoms with Crippen LogP contribution >= 0.6 is 23.2 Å². The molecule has 0 bridgehead atoms. The summed E-state index contributed by atoms with van der Waals surface area (Å²) >= 11 is 12.0. The van der Waals surface area contributed by atoms with E-state index in [-0.39, 0.29) is 11.8 Å². The van der Waals surface area contributed by atoms with Crippen LogP contribution < -0.4 is 15.4 Å². The Morgan fingerprint density at radius 3 is 2.21 bits per heavy atom. The molecule has 1 fully saturated rings. The first-order chi connectivity index (χ1) is 15.9. The van der Waals surface area contributed by atoms with E-state index in [1.54, 1.807) is 42.5 Å². The van der Waals surface area contributed by atoms with Crippen LogP contribution in [-0.4, -0.2) is 18.9 Å². The Kier molecular flexibility index (Phi) is 6.91. The molecule has 33 heavy (non-hydrogen) atoms. The Morgan fingerprint density at radius 1 is 0.848 bits per heavy atom. The van der Waals surface area contributed by atoms with Crippen LogP contribution in [0.2, 0.25) is 10.0 Å². The monoisotopic (exact) mass is 482 g/mol. The highest BCUT2D eigenvalue weighted by Crippen LogP contribution is 2.42. The largest absolute Gasteiger partial charge is 0.496 e. The first-order valence-electron chi connectivity index (χ1n) is 10.7. The van der Waals surface area contributed by atoms with Crippen molar-refractivity contribution in [2.45, 2.75) is 31.1 Å². The van der Waals surface area contributed by atoms with Crippen molar-refractivity contribution in [3.05, 3.63) is 87.9 Å². The van der Waals surface area contributed by atoms with Crippen molar-refractivity contribution in [1.82, 2.24) is 0 Å². The molecular weight excluding hydrogens is 459 g/mol. The molecule has 1 aliphatic rings. The highest BCUT2D eigenvalue weighted by atomic mass is 35.5. The zero-order chi connectivity index (χ0) is 23.4. The SMILES string of the molecule is COc1cc(NC(=O)C2(c3ccc(Cl)cc3)CCCC2)ccc1C(=O)Nc1cccc(Cl)c1. The normalized spacial score (nSPS) is 14.5. The fourth-order valence-electron chi connectivity index (χ4n) is 4.37. The Bertz CT molecular complexity index is 1170. The highest BCUT2D eigenvalue weighted by Gasteiger charge is 2.42. The summed E-state index contributed by atoms with van der Waals surface area (Å²) in [5.41, 5.74) is 1.87. The molecule has 0 unspecified atom stereocenters. The predicted octanol–water partition coefficient (Wildman–Crippen LogP) is 6.70. The zero-order valence-electron chi connectivity index (χ0n) is 18.2. The number of halogens is 2. The minimum atomic E-state index is -0.597. The van der Waals surface area contributed by atoms with Gasteiger partial charge < -0.3 is 15.4 Å². The lowest BCUT2D eigenvalue weighted by Crippen LogP contribution is -2.38. The van der Waals surface area contributed by atoms with E-state index in [1.807, 2.05) is 24.3 Å². The molecule has 0 aliphatic heterocycles. The number of rotatable bonds is 6. The van der Waals surface area contributed by atoms with Crippen LogP contribution in [0.4, 0.5) is 11.4 Å². The molecule has 1 aliphatic carbocycles. The maximum atomic E-state index is 13.4. The number of benzene rings is 3. The number of anilines is 2. The van der Waals surface area contributed by atoms with Gasteiger partial charge in [0.15, 0.2) is 0 Å². The third-order valence-corrected chi connectivity index (χ3v) is 6.56. The first-order valence-corrected chi connectivity index (χ1v) is 11.5. The molecule has 1 saturated carbocycles. The molecule has 0 aromatic heterocycles. The van der Waals surface area contributed by atoms with Crippen LogP contribution in [0.3, 0.4) is 0 Å². The van der Waals surface area contributed by atoms with Crippen LogP contribution in [0.15, 0.2) is 66.7 Å². The number of carbonyl (C=O) groups excluding carboxylic acids is 2. The van der Waals surface area contributed by atoms with Crippen molar-refractivity contribution in [3.8, 4) is 5.75 Å². The van der Waals surface area contributed by atoms with Crippen LogP contribution in [0.1, 0.15) is 41.6 Å². The van der Waals surface area contributed by atoms with Gasteiger partial charge in [0.2, 0.25) is 5.91 Å². The number of hydrogen-bond acceptors (Lipinski definition) is 3. The Morgan fingerprint density at radius 2 is 1.55 bits per heavy atom. The molecule has 0 atom stereocenters. The van der Waals surface area contributed by atoms with Gasteiger partial charge in [-0.25, -0.2) is 0 Å². The fourth-order valence-corrected chi connectivity index (χ4v) is 4.68. The first kappa shape index (κ1) is 23.1. The van der Waals surface area contributed by atoms with E-state index in [2.05, 4.69) is 10.6 Å². The molecule has 0 radical (unpaired) electrons. The zero-order valence-corrected chi connectivity index (χ0v) is 19.7. The van der Waals surface area contributed by atoms with Gasteiger partial charge in [-0.2, -0.15) is 0 Å². The van der Waals surface area contributed by atoms with Crippen molar-refractivity contribution in [1.29, 1.82) is 0 Å². The maximum absolute atomic E-state index is 13.4. The van der Waals surface area contributed by atoms with Crippen molar-refractivity contribution in [2.24, 2.45) is 0 Å². The summed E-state index contributed by atoms with van der Waals surface area (Å²) in [6.45, 7) is 0. The van der Waals surface area contributed by atoms with Crippen molar-refractivity contribution in [3.63, 3.8) is 0 Å². The Hall–Kier alpha value is -3.02. The van der Waals surface area contributed by atoms with Crippen LogP contribution in [-0.2, 0) is 10.2 Å². The topological polar surface area (TPSA) is 67.4 Å². The Labute approximate surface area is 203 Å². The average Bonchev–Trinajstić information content (AvgIpc) is 3.31. The number of ether oxygens (including phenoxy) is 1. The van der Waals surface area contributed by atoms with E-state index in [1.165, 1.54) is 7.11 Å². The molecule has 0 heterocycles. The third kappa shape index (κ3) is 5.00. The molecule has 170 valence electrons. The van der Waals surface area contributed by atoms with Gasteiger partial charge in [0.05, 0.1) is 18.1 Å². The third-order valence-electron chi connectivity index (χ3n) is 6.08. The van der Waals surface area contributed by atoms with E-state index >= 15 is 0 Å². The van der Waals surface area contributed by atoms with Gasteiger partial charge in [0.25, 0.3) is 5.91 Å². The van der Waals surface area contributed by atoms with Crippen molar-refractivity contribution in [2.75, 3.05) is 17.7 Å². The molecule has 3 aromatic carbocycles. The number of methoxy groups -OCH3 is 1. The molecule has 4 rings (SSSR count). The molecule has 2 amide bonds. The smallest absolute Gasteiger partial charge is 0.259 e. The van der Waals surface area contributed by atoms with Crippen LogP contribution in [0.5, 0.6) is 5.75 Å². The van der Waals surface area contributed by atoms with E-state index in [0.29, 0.717) is 32.7 Å². The molecule has 5 nitrogen and oxygen atoms in total. The van der Waals surface area contributed by atoms with Crippen molar-refractivity contribution >= 4 is 46.4 Å². The lowest BCUT2D eigenvalue weighted by atomic mass is 9.78. The van der Waals surface area contributed by atoms with Gasteiger partial charge in [-0.05, 0) is 60.9 Å². The summed E-state index contributed by atoms with van der Waals surface area (Å²) in [5, 5.41) is 7.01.